The smallest absolute Gasteiger partial charge is 0.271 e. The first-order valence-electron chi connectivity index (χ1n) is 4.88. The molecule has 0 radical (unpaired) electrons. The molecule has 2 rings (SSSR count). The van der Waals surface area contributed by atoms with Crippen LogP contribution in [0.2, 0.25) is 5.15 Å². The number of halogens is 1. The van der Waals surface area contributed by atoms with Gasteiger partial charge in [-0.3, -0.25) is 4.72 Å². The summed E-state index contributed by atoms with van der Waals surface area (Å²) in [6.45, 7) is 1.74. The number of aryl methyl sites for hydroxylation is 1. The number of nitrogen functional groups attached to an aromatic ring is 1. The van der Waals surface area contributed by atoms with Gasteiger partial charge in [-0.1, -0.05) is 11.6 Å². The Balaban J connectivity index is 2.40. The van der Waals surface area contributed by atoms with Crippen molar-refractivity contribution >= 4 is 44.3 Å². The highest BCUT2D eigenvalue weighted by Crippen LogP contribution is 2.28. The molecule has 0 aliphatic rings. The second-order valence-electron chi connectivity index (χ2n) is 3.60. The number of hydrogen-bond acceptors (Lipinski definition) is 5. The lowest BCUT2D eigenvalue weighted by molar-refractivity contribution is 0.603. The third-order valence-corrected chi connectivity index (χ3v) is 5.30. The fraction of sp³-hybridized carbons (Fsp3) is 0.100. The van der Waals surface area contributed by atoms with Crippen LogP contribution in [0.1, 0.15) is 5.56 Å². The van der Waals surface area contributed by atoms with E-state index in [2.05, 4.69) is 9.71 Å². The second kappa shape index (κ2) is 4.75. The first-order chi connectivity index (χ1) is 8.40. The van der Waals surface area contributed by atoms with Gasteiger partial charge in [0, 0.05) is 17.3 Å². The van der Waals surface area contributed by atoms with Gasteiger partial charge in [0.15, 0.2) is 5.15 Å². The van der Waals surface area contributed by atoms with Crippen LogP contribution in [0.3, 0.4) is 0 Å². The van der Waals surface area contributed by atoms with Gasteiger partial charge >= 0.3 is 0 Å². The van der Waals surface area contributed by atoms with Gasteiger partial charge in [0.2, 0.25) is 0 Å². The van der Waals surface area contributed by atoms with Gasteiger partial charge in [-0.15, -0.1) is 11.3 Å². The minimum atomic E-state index is -3.67. The Morgan fingerprint density at radius 2 is 2.22 bits per heavy atom. The molecule has 0 bridgehead atoms. The lowest BCUT2D eigenvalue weighted by Gasteiger charge is -2.09. The van der Waals surface area contributed by atoms with Gasteiger partial charge in [-0.05, 0) is 24.6 Å². The van der Waals surface area contributed by atoms with Crippen LogP contribution in [0, 0.1) is 6.92 Å². The molecule has 0 atom stereocenters. The van der Waals surface area contributed by atoms with E-state index in [0.29, 0.717) is 11.3 Å². The van der Waals surface area contributed by atoms with E-state index in [1.54, 1.807) is 18.4 Å². The van der Waals surface area contributed by atoms with Gasteiger partial charge in [-0.25, -0.2) is 13.4 Å². The number of nitrogens with zero attached hydrogens (tertiary/aromatic N) is 1. The van der Waals surface area contributed by atoms with Gasteiger partial charge in [-0.2, -0.15) is 0 Å². The van der Waals surface area contributed by atoms with Crippen molar-refractivity contribution in [1.29, 1.82) is 0 Å². The lowest BCUT2D eigenvalue weighted by Crippen LogP contribution is -2.13. The Labute approximate surface area is 114 Å². The number of sulfonamides is 1. The molecule has 5 nitrogen and oxygen atoms in total. The Morgan fingerprint density at radius 1 is 1.50 bits per heavy atom. The molecule has 2 aromatic heterocycles. The minimum absolute atomic E-state index is 0.114. The number of aromatic nitrogens is 1. The number of nitrogens with two attached hydrogens (primary N) is 1. The van der Waals surface area contributed by atoms with Crippen molar-refractivity contribution < 1.29 is 8.42 Å². The molecule has 0 fully saturated rings. The molecule has 2 aromatic rings. The molecule has 0 spiro atoms. The van der Waals surface area contributed by atoms with Gasteiger partial charge in [0.1, 0.15) is 4.21 Å². The third kappa shape index (κ3) is 2.58. The van der Waals surface area contributed by atoms with Crippen molar-refractivity contribution in [3.63, 3.8) is 0 Å². The van der Waals surface area contributed by atoms with Crippen LogP contribution in [0.25, 0.3) is 0 Å². The maximum atomic E-state index is 12.1. The van der Waals surface area contributed by atoms with E-state index in [-0.39, 0.29) is 15.0 Å². The minimum Gasteiger partial charge on any atom is -0.398 e. The first-order valence-corrected chi connectivity index (χ1v) is 7.62. The summed E-state index contributed by atoms with van der Waals surface area (Å²) in [5, 5.41) is 1.68. The monoisotopic (exact) mass is 303 g/mol. The van der Waals surface area contributed by atoms with Crippen LogP contribution in [-0.2, 0) is 10.0 Å². The zero-order valence-electron chi connectivity index (χ0n) is 9.34. The number of nitrogens with one attached hydrogen (secondary N) is 1. The maximum absolute atomic E-state index is 12.1. The van der Waals surface area contributed by atoms with Crippen molar-refractivity contribution in [2.45, 2.75) is 11.1 Å². The average molecular weight is 304 g/mol. The number of pyridine rings is 1. The van der Waals surface area contributed by atoms with Gasteiger partial charge < -0.3 is 5.73 Å². The highest BCUT2D eigenvalue weighted by molar-refractivity contribution is 7.94. The molecule has 96 valence electrons. The summed E-state index contributed by atoms with van der Waals surface area (Å²) in [6.07, 6.45) is 1.51. The molecule has 0 amide bonds. The van der Waals surface area contributed by atoms with Crippen LogP contribution in [0.4, 0.5) is 11.4 Å². The van der Waals surface area contributed by atoms with Gasteiger partial charge in [0.05, 0.1) is 5.69 Å². The predicted molar refractivity (Wildman–Crippen MR) is 73.5 cm³/mol. The molecule has 0 aliphatic heterocycles. The Morgan fingerprint density at radius 3 is 2.78 bits per heavy atom. The summed E-state index contributed by atoms with van der Waals surface area (Å²) in [5.41, 5.74) is 6.90. The highest BCUT2D eigenvalue weighted by Gasteiger charge is 2.19. The molecular weight excluding hydrogens is 294 g/mol. The number of hydrogen-bond donors (Lipinski definition) is 2. The molecule has 8 heteroatoms. The molecule has 0 saturated carbocycles. The van der Waals surface area contributed by atoms with E-state index in [9.17, 15) is 8.42 Å². The zero-order chi connectivity index (χ0) is 13.3. The Kier molecular flexibility index (Phi) is 3.47. The number of anilines is 2. The lowest BCUT2D eigenvalue weighted by atomic mass is 10.3. The zero-order valence-corrected chi connectivity index (χ0v) is 11.7. The van der Waals surface area contributed by atoms with Crippen LogP contribution in [0.5, 0.6) is 0 Å². The van der Waals surface area contributed by atoms with E-state index in [1.807, 2.05) is 0 Å². The standard InChI is InChI=1S/C10H10ClN3O2S2/c1-6-2-3-13-10(11)9(6)14-18(15,16)8-4-7(12)5-17-8/h2-5,14H,12H2,1H3. The maximum Gasteiger partial charge on any atom is 0.271 e. The van der Waals surface area contributed by atoms with E-state index < -0.39 is 10.0 Å². The summed E-state index contributed by atoms with van der Waals surface area (Å²) in [5.74, 6) is 0. The molecule has 3 N–H and O–H groups in total. The van der Waals surface area contributed by atoms with Crippen molar-refractivity contribution in [3.8, 4) is 0 Å². The van der Waals surface area contributed by atoms with Crippen molar-refractivity contribution in [1.82, 2.24) is 4.98 Å². The normalized spacial score (nSPS) is 11.4. The largest absolute Gasteiger partial charge is 0.398 e. The average Bonchev–Trinajstić information content (AvgIpc) is 2.71. The Bertz CT molecular complexity index is 662. The molecule has 0 unspecified atom stereocenters. The van der Waals surface area contributed by atoms with Crippen LogP contribution >= 0.6 is 22.9 Å². The summed E-state index contributed by atoms with van der Waals surface area (Å²) < 4.78 is 26.7. The van der Waals surface area contributed by atoms with Crippen molar-refractivity contribution in [2.24, 2.45) is 0 Å². The van der Waals surface area contributed by atoms with Gasteiger partial charge in [0.25, 0.3) is 10.0 Å². The number of thiophene rings is 1. The van der Waals surface area contributed by atoms with E-state index >= 15 is 0 Å². The van der Waals surface area contributed by atoms with E-state index in [0.717, 1.165) is 11.3 Å². The summed E-state index contributed by atoms with van der Waals surface area (Å²) >= 11 is 6.92. The van der Waals surface area contributed by atoms with E-state index in [4.69, 9.17) is 17.3 Å². The quantitative estimate of drug-likeness (QED) is 0.853. The molecule has 0 aromatic carbocycles. The number of rotatable bonds is 3. The molecule has 2 heterocycles. The molecule has 0 saturated heterocycles. The highest BCUT2D eigenvalue weighted by atomic mass is 35.5. The fourth-order valence-electron chi connectivity index (χ4n) is 1.30. The molecular formula is C10H10ClN3O2S2. The Hall–Kier alpha value is -1.31. The van der Waals surface area contributed by atoms with Crippen molar-refractivity contribution in [3.05, 3.63) is 34.4 Å². The van der Waals surface area contributed by atoms with Crippen LogP contribution < -0.4 is 10.5 Å². The third-order valence-electron chi connectivity index (χ3n) is 2.21. The summed E-state index contributed by atoms with van der Waals surface area (Å²) in [4.78, 5) is 3.84. The predicted octanol–water partition coefficient (Wildman–Crippen LogP) is 2.49. The van der Waals surface area contributed by atoms with Crippen LogP contribution in [-0.4, -0.2) is 13.4 Å². The van der Waals surface area contributed by atoms with Crippen molar-refractivity contribution in [2.75, 3.05) is 10.5 Å². The SMILES string of the molecule is Cc1ccnc(Cl)c1NS(=O)(=O)c1cc(N)cs1. The summed E-state index contributed by atoms with van der Waals surface area (Å²) in [7, 11) is -3.67. The summed E-state index contributed by atoms with van der Waals surface area (Å²) in [6, 6.07) is 3.07. The first kappa shape index (κ1) is 13.1. The topological polar surface area (TPSA) is 85.1 Å². The van der Waals surface area contributed by atoms with E-state index in [1.165, 1.54) is 12.3 Å². The molecule has 0 aliphatic carbocycles. The van der Waals surface area contributed by atoms with Crippen LogP contribution in [0.15, 0.2) is 27.9 Å². The fourth-order valence-corrected chi connectivity index (χ4v) is 3.83. The molecule has 18 heavy (non-hydrogen) atoms. The second-order valence-corrected chi connectivity index (χ2v) is 6.78.